The zero-order valence-electron chi connectivity index (χ0n) is 20.0. The third kappa shape index (κ3) is 5.39. The highest BCUT2D eigenvalue weighted by Gasteiger charge is 2.24. The number of hydrogen-bond acceptors (Lipinski definition) is 6. The van der Waals surface area contributed by atoms with Crippen molar-refractivity contribution in [3.63, 3.8) is 0 Å². The number of nitrogens with zero attached hydrogens (tertiary/aromatic N) is 5. The smallest absolute Gasteiger partial charge is 0.154 e. The summed E-state index contributed by atoms with van der Waals surface area (Å²) in [5, 5.41) is 12.0. The molecule has 2 aliphatic rings. The Morgan fingerprint density at radius 3 is 2.50 bits per heavy atom. The molecule has 2 atom stereocenters. The zero-order chi connectivity index (χ0) is 23.5. The predicted molar refractivity (Wildman–Crippen MR) is 134 cm³/mol. The number of anilines is 2. The number of nitrogens with one attached hydrogen (secondary N) is 2. The van der Waals surface area contributed by atoms with Crippen molar-refractivity contribution in [3.8, 4) is 5.69 Å². The molecular formula is C26H34FN7. The molecule has 0 unspecified atom stereocenters. The maximum Gasteiger partial charge on any atom is 0.154 e. The highest BCUT2D eigenvalue weighted by molar-refractivity contribution is 5.57. The van der Waals surface area contributed by atoms with Crippen LogP contribution in [0.3, 0.4) is 0 Å². The number of aromatic nitrogens is 3. The van der Waals surface area contributed by atoms with Crippen molar-refractivity contribution in [1.82, 2.24) is 25.0 Å². The number of halogens is 1. The van der Waals surface area contributed by atoms with Gasteiger partial charge in [-0.05, 0) is 69.2 Å². The van der Waals surface area contributed by atoms with Crippen molar-refractivity contribution in [1.29, 1.82) is 0 Å². The number of rotatable bonds is 6. The van der Waals surface area contributed by atoms with E-state index < -0.39 is 0 Å². The van der Waals surface area contributed by atoms with Gasteiger partial charge in [0, 0.05) is 68.9 Å². The lowest BCUT2D eigenvalue weighted by atomic mass is 10.0. The molecule has 4 heterocycles. The van der Waals surface area contributed by atoms with Gasteiger partial charge < -0.3 is 15.5 Å². The van der Waals surface area contributed by atoms with Gasteiger partial charge in [-0.1, -0.05) is 0 Å². The van der Waals surface area contributed by atoms with Crippen LogP contribution in [0, 0.1) is 5.82 Å². The first-order valence-electron chi connectivity index (χ1n) is 12.3. The molecule has 8 heteroatoms. The second-order valence-corrected chi connectivity index (χ2v) is 9.67. The molecule has 0 bridgehead atoms. The van der Waals surface area contributed by atoms with Crippen molar-refractivity contribution in [2.75, 3.05) is 36.4 Å². The Morgan fingerprint density at radius 1 is 1.03 bits per heavy atom. The number of pyridine rings is 1. The van der Waals surface area contributed by atoms with E-state index in [1.807, 2.05) is 23.1 Å². The van der Waals surface area contributed by atoms with E-state index in [9.17, 15) is 4.39 Å². The second kappa shape index (κ2) is 10.1. The van der Waals surface area contributed by atoms with E-state index in [1.165, 1.54) is 12.1 Å². The molecule has 1 aromatic carbocycles. The highest BCUT2D eigenvalue weighted by atomic mass is 19.1. The van der Waals surface area contributed by atoms with Crippen LogP contribution in [0.5, 0.6) is 0 Å². The topological polar surface area (TPSA) is 61.3 Å². The lowest BCUT2D eigenvalue weighted by Crippen LogP contribution is -2.53. The largest absolute Gasteiger partial charge is 0.382 e. The average molecular weight is 464 g/mol. The van der Waals surface area contributed by atoms with Gasteiger partial charge >= 0.3 is 0 Å². The Kier molecular flexibility index (Phi) is 6.78. The lowest BCUT2D eigenvalue weighted by Gasteiger charge is -2.35. The van der Waals surface area contributed by atoms with Gasteiger partial charge in [-0.3, -0.25) is 4.90 Å². The summed E-state index contributed by atoms with van der Waals surface area (Å²) in [6.45, 7) is 9.23. The fourth-order valence-electron chi connectivity index (χ4n) is 5.21. The van der Waals surface area contributed by atoms with Gasteiger partial charge in [-0.15, -0.1) is 0 Å². The molecule has 0 saturated carbocycles. The van der Waals surface area contributed by atoms with E-state index in [0.29, 0.717) is 18.1 Å². The quantitative estimate of drug-likeness (QED) is 0.582. The van der Waals surface area contributed by atoms with Gasteiger partial charge in [0.2, 0.25) is 0 Å². The van der Waals surface area contributed by atoms with Crippen molar-refractivity contribution >= 4 is 11.5 Å². The van der Waals surface area contributed by atoms with Gasteiger partial charge in [-0.2, -0.15) is 5.10 Å². The number of benzene rings is 1. The van der Waals surface area contributed by atoms with Gasteiger partial charge in [0.05, 0.1) is 5.69 Å². The van der Waals surface area contributed by atoms with Crippen molar-refractivity contribution in [3.05, 3.63) is 66.4 Å². The standard InChI is InChI=1S/C26H34FN7/c1-19-16-32(17-20(2)29-19)18-24-11-15-34(31-24)25-4-3-12-28-26(25)33-13-9-23(10-14-33)30-22-7-5-21(27)6-8-22/h3-8,11-12,15,19-20,23,29-30H,9-10,13-14,16-18H2,1-2H3/t19-,20+. The van der Waals surface area contributed by atoms with E-state index in [2.05, 4.69) is 46.4 Å². The molecule has 0 spiro atoms. The summed E-state index contributed by atoms with van der Waals surface area (Å²) < 4.78 is 15.1. The van der Waals surface area contributed by atoms with E-state index >= 15 is 0 Å². The molecule has 7 nitrogen and oxygen atoms in total. The van der Waals surface area contributed by atoms with Gasteiger partial charge in [0.25, 0.3) is 0 Å². The van der Waals surface area contributed by atoms with E-state index in [0.717, 1.165) is 68.5 Å². The molecular weight excluding hydrogens is 429 g/mol. The molecule has 5 rings (SSSR count). The first kappa shape index (κ1) is 22.8. The Bertz CT molecular complexity index is 1060. The SMILES string of the molecule is C[C@@H]1CN(Cc2ccn(-c3cccnc3N3CCC(Nc4ccc(F)cc4)CC3)n2)C[C@H](C)N1. The van der Waals surface area contributed by atoms with Gasteiger partial charge in [0.15, 0.2) is 5.82 Å². The third-order valence-corrected chi connectivity index (χ3v) is 6.69. The summed E-state index contributed by atoms with van der Waals surface area (Å²) in [4.78, 5) is 9.55. The summed E-state index contributed by atoms with van der Waals surface area (Å²) in [5.41, 5.74) is 3.06. The fourth-order valence-corrected chi connectivity index (χ4v) is 5.21. The van der Waals surface area contributed by atoms with Crippen molar-refractivity contribution < 1.29 is 4.39 Å². The van der Waals surface area contributed by atoms with Crippen LogP contribution in [0.15, 0.2) is 54.9 Å². The molecule has 2 N–H and O–H groups in total. The lowest BCUT2D eigenvalue weighted by molar-refractivity contribution is 0.165. The zero-order valence-corrected chi connectivity index (χ0v) is 20.0. The maximum atomic E-state index is 13.2. The second-order valence-electron chi connectivity index (χ2n) is 9.67. The summed E-state index contributed by atoms with van der Waals surface area (Å²) >= 11 is 0. The van der Waals surface area contributed by atoms with Crippen LogP contribution < -0.4 is 15.5 Å². The summed E-state index contributed by atoms with van der Waals surface area (Å²) in [6.07, 6.45) is 5.90. The summed E-state index contributed by atoms with van der Waals surface area (Å²) in [6, 6.07) is 14.2. The predicted octanol–water partition coefficient (Wildman–Crippen LogP) is 3.67. The Morgan fingerprint density at radius 2 is 1.76 bits per heavy atom. The van der Waals surface area contributed by atoms with Crippen LogP contribution in [0.1, 0.15) is 32.4 Å². The molecule has 0 aliphatic carbocycles. The third-order valence-electron chi connectivity index (χ3n) is 6.69. The number of piperidine rings is 1. The molecule has 2 saturated heterocycles. The first-order chi connectivity index (χ1) is 16.5. The van der Waals surface area contributed by atoms with E-state index in [-0.39, 0.29) is 5.82 Å². The van der Waals surface area contributed by atoms with Gasteiger partial charge in [0.1, 0.15) is 11.5 Å². The van der Waals surface area contributed by atoms with E-state index in [1.54, 1.807) is 12.1 Å². The highest BCUT2D eigenvalue weighted by Crippen LogP contribution is 2.26. The van der Waals surface area contributed by atoms with Crippen LogP contribution in [-0.4, -0.2) is 64.0 Å². The van der Waals surface area contributed by atoms with Crippen molar-refractivity contribution in [2.45, 2.75) is 51.4 Å². The monoisotopic (exact) mass is 463 g/mol. The molecule has 34 heavy (non-hydrogen) atoms. The molecule has 0 amide bonds. The maximum absolute atomic E-state index is 13.2. The van der Waals surface area contributed by atoms with Crippen molar-refractivity contribution in [2.24, 2.45) is 0 Å². The minimum Gasteiger partial charge on any atom is -0.382 e. The minimum atomic E-state index is -0.207. The molecule has 2 aromatic heterocycles. The molecule has 180 valence electrons. The minimum absolute atomic E-state index is 0.207. The Balaban J connectivity index is 1.23. The number of piperazine rings is 1. The van der Waals surface area contributed by atoms with Crippen LogP contribution in [-0.2, 0) is 6.54 Å². The molecule has 2 fully saturated rings. The van der Waals surface area contributed by atoms with Crippen LogP contribution in [0.2, 0.25) is 0 Å². The van der Waals surface area contributed by atoms with Gasteiger partial charge in [-0.25, -0.2) is 14.1 Å². The Labute approximate surface area is 201 Å². The van der Waals surface area contributed by atoms with Crippen LogP contribution in [0.25, 0.3) is 5.69 Å². The molecule has 0 radical (unpaired) electrons. The fraction of sp³-hybridized carbons (Fsp3) is 0.462. The normalized spacial score (nSPS) is 22.1. The average Bonchev–Trinajstić information content (AvgIpc) is 3.29. The van der Waals surface area contributed by atoms with Crippen LogP contribution >= 0.6 is 0 Å². The van der Waals surface area contributed by atoms with Crippen LogP contribution in [0.4, 0.5) is 15.9 Å². The number of hydrogen-bond donors (Lipinski definition) is 2. The first-order valence-corrected chi connectivity index (χ1v) is 12.3. The van der Waals surface area contributed by atoms with E-state index in [4.69, 9.17) is 10.1 Å². The Hall–Kier alpha value is -2.97. The molecule has 3 aromatic rings. The summed E-state index contributed by atoms with van der Waals surface area (Å²) in [7, 11) is 0. The summed E-state index contributed by atoms with van der Waals surface area (Å²) in [5.74, 6) is 0.767. The molecule has 2 aliphatic heterocycles.